The highest BCUT2D eigenvalue weighted by atomic mass is 16.5. The maximum absolute atomic E-state index is 12.2. The third-order valence-corrected chi connectivity index (χ3v) is 3.68. The second-order valence-electron chi connectivity index (χ2n) is 5.63. The third kappa shape index (κ3) is 6.31. The average molecular weight is 357 g/mol. The molecule has 2 rings (SSSR count). The number of rotatable bonds is 10. The maximum Gasteiger partial charge on any atom is 0.335 e. The first kappa shape index (κ1) is 19.6. The van der Waals surface area contributed by atoms with E-state index < -0.39 is 5.97 Å². The molecule has 0 unspecified atom stereocenters. The molecule has 0 heterocycles. The summed E-state index contributed by atoms with van der Waals surface area (Å²) in [7, 11) is 0. The predicted molar refractivity (Wildman–Crippen MR) is 97.2 cm³/mol. The maximum atomic E-state index is 12.2. The molecule has 26 heavy (non-hydrogen) atoms. The topological polar surface area (TPSA) is 84.9 Å². The summed E-state index contributed by atoms with van der Waals surface area (Å²) in [5.41, 5.74) is 2.56. The minimum absolute atomic E-state index is 0.151. The lowest BCUT2D eigenvalue weighted by Gasteiger charge is -2.08. The van der Waals surface area contributed by atoms with Crippen molar-refractivity contribution in [2.75, 3.05) is 19.8 Å². The normalized spacial score (nSPS) is 10.5. The lowest BCUT2D eigenvalue weighted by molar-refractivity contribution is 0.0453. The van der Waals surface area contributed by atoms with E-state index in [0.717, 1.165) is 11.1 Å². The van der Waals surface area contributed by atoms with Crippen molar-refractivity contribution < 1.29 is 24.2 Å². The van der Waals surface area contributed by atoms with Crippen molar-refractivity contribution in [3.8, 4) is 0 Å². The number of hydrogen-bond donors (Lipinski definition) is 2. The zero-order valence-electron chi connectivity index (χ0n) is 14.7. The number of carbonyl (C=O) groups excluding carboxylic acids is 1. The van der Waals surface area contributed by atoms with Gasteiger partial charge in [-0.15, -0.1) is 0 Å². The van der Waals surface area contributed by atoms with Gasteiger partial charge in [0.2, 0.25) is 0 Å². The van der Waals surface area contributed by atoms with Crippen LogP contribution in [0.15, 0.2) is 48.5 Å². The van der Waals surface area contributed by atoms with E-state index in [-0.39, 0.29) is 11.5 Å². The molecule has 0 aliphatic heterocycles. The fourth-order valence-corrected chi connectivity index (χ4v) is 2.33. The van der Waals surface area contributed by atoms with E-state index in [1.165, 1.54) is 24.3 Å². The first-order chi connectivity index (χ1) is 12.6. The minimum atomic E-state index is -1.02. The van der Waals surface area contributed by atoms with Gasteiger partial charge in [-0.3, -0.25) is 4.79 Å². The highest BCUT2D eigenvalue weighted by molar-refractivity contribution is 5.95. The minimum Gasteiger partial charge on any atom is -0.478 e. The number of hydrogen-bond acceptors (Lipinski definition) is 4. The number of carboxylic acids is 1. The number of nitrogens with one attached hydrogen (secondary N) is 1. The molecule has 0 bridgehead atoms. The average Bonchev–Trinajstić information content (AvgIpc) is 2.66. The number of carbonyl (C=O) groups is 2. The van der Waals surface area contributed by atoms with Gasteiger partial charge in [0.15, 0.2) is 0 Å². The lowest BCUT2D eigenvalue weighted by Crippen LogP contribution is -2.22. The Morgan fingerprint density at radius 1 is 0.962 bits per heavy atom. The van der Waals surface area contributed by atoms with E-state index >= 15 is 0 Å². The molecule has 0 spiro atoms. The molecule has 138 valence electrons. The van der Waals surface area contributed by atoms with Crippen LogP contribution in [0.5, 0.6) is 0 Å². The van der Waals surface area contributed by atoms with Crippen LogP contribution in [-0.4, -0.2) is 36.8 Å². The lowest BCUT2D eigenvalue weighted by atomic mass is 10.1. The Morgan fingerprint density at radius 2 is 1.62 bits per heavy atom. The zero-order chi connectivity index (χ0) is 18.8. The molecule has 0 fully saturated rings. The molecule has 6 nitrogen and oxygen atoms in total. The highest BCUT2D eigenvalue weighted by Gasteiger charge is 2.08. The second kappa shape index (κ2) is 10.3. The number of benzene rings is 2. The largest absolute Gasteiger partial charge is 0.478 e. The number of amides is 1. The number of ether oxygens (including phenoxy) is 2. The van der Waals surface area contributed by atoms with Crippen LogP contribution in [0.2, 0.25) is 0 Å². The Hall–Kier alpha value is -2.70. The molecule has 0 radical (unpaired) electrons. The van der Waals surface area contributed by atoms with E-state index in [1.807, 2.05) is 31.2 Å². The van der Waals surface area contributed by atoms with E-state index in [1.54, 1.807) is 0 Å². The van der Waals surface area contributed by atoms with Crippen LogP contribution >= 0.6 is 0 Å². The molecule has 2 aromatic carbocycles. The molecule has 6 heteroatoms. The Balaban J connectivity index is 1.83. The molecule has 0 aliphatic rings. The number of aromatic carboxylic acids is 1. The van der Waals surface area contributed by atoms with Crippen LogP contribution in [0, 0.1) is 0 Å². The molecule has 0 saturated carbocycles. The van der Waals surface area contributed by atoms with Gasteiger partial charge in [-0.25, -0.2) is 4.79 Å². The van der Waals surface area contributed by atoms with Crippen LogP contribution in [0.4, 0.5) is 0 Å². The summed E-state index contributed by atoms with van der Waals surface area (Å²) < 4.78 is 10.8. The number of carboxylic acid groups (broad SMARTS) is 1. The summed E-state index contributed by atoms with van der Waals surface area (Å²) in [6.07, 6.45) is 0. The van der Waals surface area contributed by atoms with Crippen molar-refractivity contribution in [1.82, 2.24) is 5.32 Å². The van der Waals surface area contributed by atoms with Gasteiger partial charge in [-0.05, 0) is 42.3 Å². The quantitative estimate of drug-likeness (QED) is 0.639. The van der Waals surface area contributed by atoms with Gasteiger partial charge in [-0.2, -0.15) is 0 Å². The van der Waals surface area contributed by atoms with Crippen molar-refractivity contribution in [3.63, 3.8) is 0 Å². The van der Waals surface area contributed by atoms with E-state index in [2.05, 4.69) is 5.32 Å². The van der Waals surface area contributed by atoms with Gasteiger partial charge < -0.3 is 19.9 Å². The van der Waals surface area contributed by atoms with Crippen LogP contribution in [0.3, 0.4) is 0 Å². The predicted octanol–water partition coefficient (Wildman–Crippen LogP) is 2.87. The summed E-state index contributed by atoms with van der Waals surface area (Å²) >= 11 is 0. The van der Waals surface area contributed by atoms with Crippen LogP contribution < -0.4 is 5.32 Å². The summed E-state index contributed by atoms with van der Waals surface area (Å²) in [6, 6.07) is 13.6. The molecule has 2 aromatic rings. The molecule has 0 saturated heterocycles. The van der Waals surface area contributed by atoms with Crippen molar-refractivity contribution >= 4 is 11.9 Å². The van der Waals surface area contributed by atoms with Gasteiger partial charge in [0, 0.05) is 18.7 Å². The summed E-state index contributed by atoms with van der Waals surface area (Å²) in [5.74, 6) is -1.27. The van der Waals surface area contributed by atoms with Crippen LogP contribution in [0.1, 0.15) is 38.8 Å². The fourth-order valence-electron chi connectivity index (χ4n) is 2.33. The smallest absolute Gasteiger partial charge is 0.335 e. The Labute approximate surface area is 152 Å². The molecule has 0 atom stereocenters. The van der Waals surface area contributed by atoms with Gasteiger partial charge in [0.1, 0.15) is 0 Å². The zero-order valence-corrected chi connectivity index (χ0v) is 14.7. The molecule has 2 N–H and O–H groups in total. The Bertz CT molecular complexity index is 727. The molecular weight excluding hydrogens is 334 g/mol. The summed E-state index contributed by atoms with van der Waals surface area (Å²) in [5, 5.41) is 11.7. The van der Waals surface area contributed by atoms with Crippen LogP contribution in [-0.2, 0) is 22.6 Å². The Kier molecular flexibility index (Phi) is 7.79. The van der Waals surface area contributed by atoms with Gasteiger partial charge in [0.05, 0.1) is 25.4 Å². The van der Waals surface area contributed by atoms with Gasteiger partial charge in [-0.1, -0.05) is 24.3 Å². The first-order valence-corrected chi connectivity index (χ1v) is 8.45. The highest BCUT2D eigenvalue weighted by Crippen LogP contribution is 2.08. The van der Waals surface area contributed by atoms with Gasteiger partial charge in [0.25, 0.3) is 5.91 Å². The van der Waals surface area contributed by atoms with Crippen molar-refractivity contribution in [2.24, 2.45) is 0 Å². The SMILES string of the molecule is CCOCCOCc1cccc(CNC(=O)c2ccc(C(=O)O)cc2)c1. The van der Waals surface area contributed by atoms with Crippen molar-refractivity contribution in [3.05, 3.63) is 70.8 Å². The monoisotopic (exact) mass is 357 g/mol. The molecule has 0 aromatic heterocycles. The molecular formula is C20H23NO5. The van der Waals surface area contributed by atoms with E-state index in [4.69, 9.17) is 14.6 Å². The standard InChI is InChI=1S/C20H23NO5/c1-2-25-10-11-26-14-16-5-3-4-15(12-16)13-21-19(22)17-6-8-18(9-7-17)20(23)24/h3-9,12H,2,10-11,13-14H2,1H3,(H,21,22)(H,23,24). The molecule has 1 amide bonds. The second-order valence-corrected chi connectivity index (χ2v) is 5.63. The third-order valence-electron chi connectivity index (χ3n) is 3.68. The van der Waals surface area contributed by atoms with Crippen molar-refractivity contribution in [2.45, 2.75) is 20.1 Å². The summed E-state index contributed by atoms with van der Waals surface area (Å²) in [4.78, 5) is 23.0. The molecule has 0 aliphatic carbocycles. The van der Waals surface area contributed by atoms with E-state index in [0.29, 0.717) is 38.5 Å². The first-order valence-electron chi connectivity index (χ1n) is 8.45. The Morgan fingerprint density at radius 3 is 2.31 bits per heavy atom. The van der Waals surface area contributed by atoms with Gasteiger partial charge >= 0.3 is 5.97 Å². The van der Waals surface area contributed by atoms with E-state index in [9.17, 15) is 9.59 Å². The van der Waals surface area contributed by atoms with Crippen LogP contribution in [0.25, 0.3) is 0 Å². The summed E-state index contributed by atoms with van der Waals surface area (Å²) in [6.45, 7) is 4.61. The fraction of sp³-hybridized carbons (Fsp3) is 0.300. The van der Waals surface area contributed by atoms with Crippen molar-refractivity contribution in [1.29, 1.82) is 0 Å².